The zero-order valence-electron chi connectivity index (χ0n) is 16.7. The van der Waals surface area contributed by atoms with Crippen LogP contribution in [0.4, 0.5) is 0 Å². The van der Waals surface area contributed by atoms with Crippen molar-refractivity contribution in [1.29, 1.82) is 0 Å². The topological polar surface area (TPSA) is 69.7 Å². The number of hydrogen-bond donors (Lipinski definition) is 0. The minimum absolute atomic E-state index is 0.0190. The molecule has 0 spiro atoms. The molecular formula is C25H22O5. The molecule has 30 heavy (non-hydrogen) atoms. The molecule has 0 amide bonds. The van der Waals surface area contributed by atoms with Crippen molar-refractivity contribution in [3.63, 3.8) is 0 Å². The van der Waals surface area contributed by atoms with Crippen molar-refractivity contribution in [2.45, 2.75) is 12.8 Å². The molecule has 0 saturated heterocycles. The van der Waals surface area contributed by atoms with Gasteiger partial charge in [-0.15, -0.1) is 0 Å². The first-order chi connectivity index (χ1) is 14.6. The summed E-state index contributed by atoms with van der Waals surface area (Å²) in [7, 11) is 1.55. The second kappa shape index (κ2) is 10.2. The lowest BCUT2D eigenvalue weighted by Crippen LogP contribution is -2.15. The summed E-state index contributed by atoms with van der Waals surface area (Å²) in [6.07, 6.45) is -0.0593. The molecule has 5 heteroatoms. The van der Waals surface area contributed by atoms with Crippen LogP contribution in [-0.4, -0.2) is 31.3 Å². The first-order valence-corrected chi connectivity index (χ1v) is 9.58. The van der Waals surface area contributed by atoms with E-state index in [1.807, 2.05) is 42.5 Å². The smallest absolute Gasteiger partial charge is 0.306 e. The van der Waals surface area contributed by atoms with Gasteiger partial charge in [-0.1, -0.05) is 54.6 Å². The van der Waals surface area contributed by atoms with Crippen LogP contribution in [0.1, 0.15) is 33.6 Å². The third kappa shape index (κ3) is 5.64. The molecule has 0 bridgehead atoms. The largest absolute Gasteiger partial charge is 0.497 e. The van der Waals surface area contributed by atoms with Gasteiger partial charge in [0.05, 0.1) is 13.5 Å². The quantitative estimate of drug-likeness (QED) is 0.382. The Hall–Kier alpha value is -3.73. The number of hydrogen-bond acceptors (Lipinski definition) is 5. The van der Waals surface area contributed by atoms with Crippen LogP contribution in [0.15, 0.2) is 78.9 Å². The molecule has 3 aromatic carbocycles. The van der Waals surface area contributed by atoms with E-state index in [2.05, 4.69) is 0 Å². The summed E-state index contributed by atoms with van der Waals surface area (Å²) in [6, 6.07) is 23.6. The monoisotopic (exact) mass is 402 g/mol. The summed E-state index contributed by atoms with van der Waals surface area (Å²) in [5, 5.41) is 0. The van der Waals surface area contributed by atoms with Gasteiger partial charge < -0.3 is 9.47 Å². The molecule has 152 valence electrons. The third-order valence-corrected chi connectivity index (χ3v) is 4.65. The number of carbonyl (C=O) groups excluding carboxylic acids is 3. The molecule has 3 rings (SSSR count). The Kier molecular flexibility index (Phi) is 7.11. The molecule has 0 aliphatic rings. The van der Waals surface area contributed by atoms with Crippen LogP contribution in [0.5, 0.6) is 5.75 Å². The summed E-state index contributed by atoms with van der Waals surface area (Å²) in [6.45, 7) is -0.347. The van der Waals surface area contributed by atoms with Crippen LogP contribution in [0.25, 0.3) is 11.1 Å². The number of ketones is 2. The predicted molar refractivity (Wildman–Crippen MR) is 114 cm³/mol. The summed E-state index contributed by atoms with van der Waals surface area (Å²) in [5.74, 6) is -0.380. The molecule has 0 radical (unpaired) electrons. The van der Waals surface area contributed by atoms with Crippen molar-refractivity contribution < 1.29 is 23.9 Å². The van der Waals surface area contributed by atoms with Gasteiger partial charge in [0.1, 0.15) is 5.75 Å². The molecule has 0 N–H and O–H groups in total. The lowest BCUT2D eigenvalue weighted by Gasteiger charge is -2.06. The molecule has 0 aromatic heterocycles. The number of carbonyl (C=O) groups is 3. The van der Waals surface area contributed by atoms with Gasteiger partial charge in [-0.05, 0) is 35.4 Å². The van der Waals surface area contributed by atoms with Crippen LogP contribution in [-0.2, 0) is 9.53 Å². The maximum atomic E-state index is 12.3. The Balaban J connectivity index is 1.46. The molecule has 0 heterocycles. The van der Waals surface area contributed by atoms with Crippen LogP contribution in [0, 0.1) is 0 Å². The third-order valence-electron chi connectivity index (χ3n) is 4.65. The van der Waals surface area contributed by atoms with E-state index in [1.165, 1.54) is 0 Å². The highest BCUT2D eigenvalue weighted by atomic mass is 16.5. The van der Waals surface area contributed by atoms with E-state index in [4.69, 9.17) is 9.47 Å². The zero-order valence-corrected chi connectivity index (χ0v) is 16.7. The normalized spacial score (nSPS) is 10.3. The number of ether oxygens (including phenoxy) is 2. The average Bonchev–Trinajstić information content (AvgIpc) is 2.81. The van der Waals surface area contributed by atoms with Crippen LogP contribution < -0.4 is 4.74 Å². The van der Waals surface area contributed by atoms with Gasteiger partial charge in [0.2, 0.25) is 0 Å². The van der Waals surface area contributed by atoms with Gasteiger partial charge in [-0.2, -0.15) is 0 Å². The minimum Gasteiger partial charge on any atom is -0.497 e. The van der Waals surface area contributed by atoms with E-state index >= 15 is 0 Å². The van der Waals surface area contributed by atoms with E-state index in [-0.39, 0.29) is 31.0 Å². The molecular weight excluding hydrogens is 380 g/mol. The maximum Gasteiger partial charge on any atom is 0.306 e. The van der Waals surface area contributed by atoms with Gasteiger partial charge in [-0.25, -0.2) is 0 Å². The molecule has 0 aliphatic heterocycles. The summed E-state index contributed by atoms with van der Waals surface area (Å²) in [5.41, 5.74) is 3.03. The lowest BCUT2D eigenvalue weighted by molar-refractivity contribution is -0.142. The second-order valence-corrected chi connectivity index (χ2v) is 6.68. The van der Waals surface area contributed by atoms with Crippen molar-refractivity contribution in [1.82, 2.24) is 0 Å². The van der Waals surface area contributed by atoms with E-state index in [9.17, 15) is 14.4 Å². The van der Waals surface area contributed by atoms with E-state index in [1.54, 1.807) is 43.5 Å². The van der Waals surface area contributed by atoms with Gasteiger partial charge in [0.15, 0.2) is 18.2 Å². The molecule has 0 aliphatic carbocycles. The first kappa shape index (κ1) is 21.0. The number of esters is 1. The number of methoxy groups -OCH3 is 1. The first-order valence-electron chi connectivity index (χ1n) is 9.58. The van der Waals surface area contributed by atoms with Gasteiger partial charge in [0.25, 0.3) is 0 Å². The van der Waals surface area contributed by atoms with Crippen molar-refractivity contribution in [2.75, 3.05) is 13.7 Å². The van der Waals surface area contributed by atoms with Crippen molar-refractivity contribution in [2.24, 2.45) is 0 Å². The van der Waals surface area contributed by atoms with Crippen molar-refractivity contribution in [3.05, 3.63) is 90.0 Å². The van der Waals surface area contributed by atoms with Crippen LogP contribution in [0.2, 0.25) is 0 Å². The van der Waals surface area contributed by atoms with Crippen molar-refractivity contribution in [3.8, 4) is 16.9 Å². The lowest BCUT2D eigenvalue weighted by atomic mass is 10.0. The predicted octanol–water partition coefficient (Wildman–Crippen LogP) is 4.75. The number of Topliss-reactive ketones (excluding diaryl/α,β-unsaturated/α-hetero) is 2. The molecule has 3 aromatic rings. The Labute approximate surface area is 175 Å². The summed E-state index contributed by atoms with van der Waals surface area (Å²) < 4.78 is 10.1. The van der Waals surface area contributed by atoms with E-state index < -0.39 is 5.97 Å². The SMILES string of the molecule is COc1ccc(C(=O)CCC(=O)OCC(=O)c2ccc(-c3ccccc3)cc2)cc1. The number of rotatable bonds is 9. The fraction of sp³-hybridized carbons (Fsp3) is 0.160. The fourth-order valence-electron chi connectivity index (χ4n) is 2.92. The Morgan fingerprint density at radius 2 is 1.23 bits per heavy atom. The number of benzene rings is 3. The summed E-state index contributed by atoms with van der Waals surface area (Å²) >= 11 is 0. The summed E-state index contributed by atoms with van der Waals surface area (Å²) in [4.78, 5) is 36.3. The second-order valence-electron chi connectivity index (χ2n) is 6.68. The maximum absolute atomic E-state index is 12.3. The highest BCUT2D eigenvalue weighted by Crippen LogP contribution is 2.19. The zero-order chi connectivity index (χ0) is 21.3. The fourth-order valence-corrected chi connectivity index (χ4v) is 2.92. The highest BCUT2D eigenvalue weighted by Gasteiger charge is 2.13. The van der Waals surface area contributed by atoms with E-state index in [0.717, 1.165) is 11.1 Å². The molecule has 0 saturated carbocycles. The van der Waals surface area contributed by atoms with Gasteiger partial charge >= 0.3 is 5.97 Å². The molecule has 0 atom stereocenters. The van der Waals surface area contributed by atoms with Crippen LogP contribution >= 0.6 is 0 Å². The standard InChI is InChI=1S/C25H22O5/c1-29-22-13-11-20(12-14-22)23(26)15-16-25(28)30-17-24(27)21-9-7-19(8-10-21)18-5-3-2-4-6-18/h2-14H,15-17H2,1H3. The average molecular weight is 402 g/mol. The Morgan fingerprint density at radius 1 is 0.667 bits per heavy atom. The van der Waals surface area contributed by atoms with Crippen molar-refractivity contribution >= 4 is 17.5 Å². The minimum atomic E-state index is -0.578. The van der Waals surface area contributed by atoms with Gasteiger partial charge in [0, 0.05) is 17.5 Å². The van der Waals surface area contributed by atoms with Gasteiger partial charge in [-0.3, -0.25) is 14.4 Å². The van der Waals surface area contributed by atoms with Crippen LogP contribution in [0.3, 0.4) is 0 Å². The molecule has 0 fully saturated rings. The Morgan fingerprint density at radius 3 is 1.87 bits per heavy atom. The van der Waals surface area contributed by atoms with E-state index in [0.29, 0.717) is 16.9 Å². The highest BCUT2D eigenvalue weighted by molar-refractivity contribution is 5.99. The molecule has 5 nitrogen and oxygen atoms in total. The molecule has 0 unspecified atom stereocenters. The Bertz CT molecular complexity index is 1010.